The summed E-state index contributed by atoms with van der Waals surface area (Å²) in [5, 5.41) is 22.9. The molecule has 152 valence electrons. The van der Waals surface area contributed by atoms with Gasteiger partial charge in [-0.1, -0.05) is 29.4 Å². The molecule has 4 aromatic rings. The molecule has 0 aliphatic heterocycles. The molecule has 6 heteroatoms. The molecule has 30 heavy (non-hydrogen) atoms. The maximum absolute atomic E-state index is 13.7. The van der Waals surface area contributed by atoms with Crippen molar-refractivity contribution in [2.45, 2.75) is 27.1 Å². The van der Waals surface area contributed by atoms with E-state index in [0.717, 1.165) is 27.8 Å². The van der Waals surface area contributed by atoms with Gasteiger partial charge in [-0.15, -0.1) is 0 Å². The summed E-state index contributed by atoms with van der Waals surface area (Å²) in [6.07, 6.45) is 0. The van der Waals surface area contributed by atoms with Gasteiger partial charge < -0.3 is 14.7 Å². The number of hydrogen-bond acceptors (Lipinski definition) is 5. The van der Waals surface area contributed by atoms with Crippen LogP contribution in [-0.2, 0) is 13.2 Å². The standard InChI is InChI=1S/C24H21FN2O3/c1-14-8-19(9-15(2)22(14)16-4-3-5-21(25)11-16)24-26-23(27-30-24)17-6-7-18(12-28)20(10-17)13-29/h3-11,28-29H,12-13H2,1-2H3. The molecule has 5 nitrogen and oxygen atoms in total. The molecule has 0 atom stereocenters. The number of benzene rings is 3. The van der Waals surface area contributed by atoms with Crippen LogP contribution >= 0.6 is 0 Å². The Hall–Kier alpha value is -3.35. The van der Waals surface area contributed by atoms with Gasteiger partial charge in [-0.25, -0.2) is 4.39 Å². The Morgan fingerprint density at radius 2 is 1.57 bits per heavy atom. The third-order valence-electron chi connectivity index (χ3n) is 5.12. The molecular formula is C24H21FN2O3. The van der Waals surface area contributed by atoms with E-state index in [1.807, 2.05) is 32.0 Å². The maximum atomic E-state index is 13.7. The Morgan fingerprint density at radius 3 is 2.23 bits per heavy atom. The molecule has 0 aliphatic carbocycles. The maximum Gasteiger partial charge on any atom is 0.258 e. The molecule has 0 fully saturated rings. The number of aliphatic hydroxyl groups excluding tert-OH is 2. The summed E-state index contributed by atoms with van der Waals surface area (Å²) in [4.78, 5) is 4.50. The minimum absolute atomic E-state index is 0.149. The third kappa shape index (κ3) is 3.75. The summed E-state index contributed by atoms with van der Waals surface area (Å²) in [6, 6.07) is 15.7. The second-order valence-electron chi connectivity index (χ2n) is 7.22. The molecule has 0 saturated carbocycles. The molecule has 0 bridgehead atoms. The molecule has 2 N–H and O–H groups in total. The molecule has 0 radical (unpaired) electrons. The molecule has 0 spiro atoms. The van der Waals surface area contributed by atoms with E-state index >= 15 is 0 Å². The van der Waals surface area contributed by atoms with Gasteiger partial charge in [0.1, 0.15) is 5.82 Å². The van der Waals surface area contributed by atoms with Crippen LogP contribution < -0.4 is 0 Å². The van der Waals surface area contributed by atoms with Crippen molar-refractivity contribution < 1.29 is 19.1 Å². The lowest BCUT2D eigenvalue weighted by Crippen LogP contribution is -1.95. The average molecular weight is 404 g/mol. The number of nitrogens with zero attached hydrogens (tertiary/aromatic N) is 2. The molecule has 0 unspecified atom stereocenters. The SMILES string of the molecule is Cc1cc(-c2nc(-c3ccc(CO)c(CO)c3)no2)cc(C)c1-c1cccc(F)c1. The molecule has 1 heterocycles. The summed E-state index contributed by atoms with van der Waals surface area (Å²) in [7, 11) is 0. The predicted octanol–water partition coefficient (Wildman–Crippen LogP) is 4.81. The Kier molecular flexibility index (Phi) is 5.44. The van der Waals surface area contributed by atoms with Crippen molar-refractivity contribution >= 4 is 0 Å². The summed E-state index contributed by atoms with van der Waals surface area (Å²) < 4.78 is 19.1. The highest BCUT2D eigenvalue weighted by Gasteiger charge is 2.15. The summed E-state index contributed by atoms with van der Waals surface area (Å²) in [5.41, 5.74) is 6.50. The van der Waals surface area contributed by atoms with E-state index in [9.17, 15) is 14.6 Å². The lowest BCUT2D eigenvalue weighted by atomic mass is 9.93. The number of aromatic nitrogens is 2. The van der Waals surface area contributed by atoms with Crippen LogP contribution in [0.2, 0.25) is 0 Å². The fraction of sp³-hybridized carbons (Fsp3) is 0.167. The normalized spacial score (nSPS) is 11.1. The molecule has 0 saturated heterocycles. The zero-order valence-corrected chi connectivity index (χ0v) is 16.7. The first-order chi connectivity index (χ1) is 14.5. The lowest BCUT2D eigenvalue weighted by molar-refractivity contribution is 0.260. The van der Waals surface area contributed by atoms with E-state index in [4.69, 9.17) is 4.52 Å². The minimum atomic E-state index is -0.272. The summed E-state index contributed by atoms with van der Waals surface area (Å²) in [6.45, 7) is 3.60. The first-order valence-electron chi connectivity index (χ1n) is 9.55. The van der Waals surface area contributed by atoms with E-state index in [0.29, 0.717) is 28.4 Å². The Bertz CT molecular complexity index is 1190. The van der Waals surface area contributed by atoms with Crippen LogP contribution in [0.5, 0.6) is 0 Å². The predicted molar refractivity (Wildman–Crippen MR) is 112 cm³/mol. The fourth-order valence-electron chi connectivity index (χ4n) is 3.71. The first-order valence-corrected chi connectivity index (χ1v) is 9.55. The van der Waals surface area contributed by atoms with Crippen LogP contribution in [0.3, 0.4) is 0 Å². The van der Waals surface area contributed by atoms with E-state index in [2.05, 4.69) is 10.1 Å². The zero-order chi connectivity index (χ0) is 21.3. The van der Waals surface area contributed by atoms with Gasteiger partial charge in [0.05, 0.1) is 13.2 Å². The van der Waals surface area contributed by atoms with Crippen molar-refractivity contribution in [1.82, 2.24) is 10.1 Å². The summed E-state index contributed by atoms with van der Waals surface area (Å²) >= 11 is 0. The van der Waals surface area contributed by atoms with Crippen molar-refractivity contribution in [2.75, 3.05) is 0 Å². The molecule has 4 rings (SSSR count). The van der Waals surface area contributed by atoms with Crippen LogP contribution in [0.25, 0.3) is 34.0 Å². The smallest absolute Gasteiger partial charge is 0.258 e. The van der Waals surface area contributed by atoms with Crippen LogP contribution in [0.1, 0.15) is 22.3 Å². The average Bonchev–Trinajstić information content (AvgIpc) is 3.23. The van der Waals surface area contributed by atoms with Crippen molar-refractivity contribution in [2.24, 2.45) is 0 Å². The number of hydrogen-bond donors (Lipinski definition) is 2. The number of aliphatic hydroxyl groups is 2. The van der Waals surface area contributed by atoms with Crippen molar-refractivity contribution in [3.05, 3.63) is 82.7 Å². The van der Waals surface area contributed by atoms with Crippen LogP contribution in [0.15, 0.2) is 59.1 Å². The van der Waals surface area contributed by atoms with Crippen LogP contribution in [0, 0.1) is 19.7 Å². The van der Waals surface area contributed by atoms with Gasteiger partial charge in [-0.2, -0.15) is 4.98 Å². The number of rotatable bonds is 5. The highest BCUT2D eigenvalue weighted by atomic mass is 19.1. The van der Waals surface area contributed by atoms with Gasteiger partial charge >= 0.3 is 0 Å². The van der Waals surface area contributed by atoms with Gasteiger partial charge in [0.25, 0.3) is 5.89 Å². The van der Waals surface area contributed by atoms with Crippen molar-refractivity contribution in [1.29, 1.82) is 0 Å². The molecule has 0 aliphatic rings. The molecule has 1 aromatic heterocycles. The molecule has 3 aromatic carbocycles. The quantitative estimate of drug-likeness (QED) is 0.499. The van der Waals surface area contributed by atoms with Gasteiger partial charge in [0.2, 0.25) is 5.82 Å². The first kappa shape index (κ1) is 19.9. The Labute approximate surface area is 173 Å². The topological polar surface area (TPSA) is 79.4 Å². The lowest BCUT2D eigenvalue weighted by Gasteiger charge is -2.12. The van der Waals surface area contributed by atoms with E-state index in [-0.39, 0.29) is 19.0 Å². The highest BCUT2D eigenvalue weighted by Crippen LogP contribution is 2.32. The number of halogens is 1. The van der Waals surface area contributed by atoms with Gasteiger partial charge in [-0.3, -0.25) is 0 Å². The van der Waals surface area contributed by atoms with Crippen LogP contribution in [-0.4, -0.2) is 20.4 Å². The fourth-order valence-corrected chi connectivity index (χ4v) is 3.71. The second-order valence-corrected chi connectivity index (χ2v) is 7.22. The van der Waals surface area contributed by atoms with E-state index in [1.54, 1.807) is 24.3 Å². The third-order valence-corrected chi connectivity index (χ3v) is 5.12. The van der Waals surface area contributed by atoms with Gasteiger partial charge in [0, 0.05) is 11.1 Å². The monoisotopic (exact) mass is 404 g/mol. The Balaban J connectivity index is 1.70. The minimum Gasteiger partial charge on any atom is -0.392 e. The van der Waals surface area contributed by atoms with Gasteiger partial charge in [0.15, 0.2) is 0 Å². The molecule has 0 amide bonds. The van der Waals surface area contributed by atoms with E-state index < -0.39 is 0 Å². The Morgan fingerprint density at radius 1 is 0.833 bits per heavy atom. The zero-order valence-electron chi connectivity index (χ0n) is 16.7. The highest BCUT2D eigenvalue weighted by molar-refractivity contribution is 5.75. The summed E-state index contributed by atoms with van der Waals surface area (Å²) in [5.74, 6) is 0.499. The second kappa shape index (κ2) is 8.18. The van der Waals surface area contributed by atoms with Crippen LogP contribution in [0.4, 0.5) is 4.39 Å². The van der Waals surface area contributed by atoms with Gasteiger partial charge in [-0.05, 0) is 77.6 Å². The largest absolute Gasteiger partial charge is 0.392 e. The van der Waals surface area contributed by atoms with E-state index in [1.165, 1.54) is 12.1 Å². The molecular weight excluding hydrogens is 383 g/mol. The van der Waals surface area contributed by atoms with Crippen molar-refractivity contribution in [3.8, 4) is 34.0 Å². The number of aryl methyl sites for hydroxylation is 2. The van der Waals surface area contributed by atoms with Crippen molar-refractivity contribution in [3.63, 3.8) is 0 Å².